The molecule has 9 aromatic rings. The maximum Gasteiger partial charge on any atom is 0.160 e. The Kier molecular flexibility index (Phi) is 7.85. The lowest BCUT2D eigenvalue weighted by atomic mass is 9.81. The van der Waals surface area contributed by atoms with Crippen LogP contribution in [0.5, 0.6) is 0 Å². The van der Waals surface area contributed by atoms with Gasteiger partial charge in [-0.15, -0.1) is 0 Å². The minimum atomic E-state index is -0.142. The van der Waals surface area contributed by atoms with Gasteiger partial charge in [-0.05, 0) is 90.7 Å². The fourth-order valence-corrected chi connectivity index (χ4v) is 8.42. The van der Waals surface area contributed by atoms with Crippen LogP contribution in [-0.4, -0.2) is 9.97 Å². The summed E-state index contributed by atoms with van der Waals surface area (Å²) < 4.78 is 0. The van der Waals surface area contributed by atoms with Gasteiger partial charge in [0.1, 0.15) is 0 Å². The predicted molar refractivity (Wildman–Crippen MR) is 230 cm³/mol. The van der Waals surface area contributed by atoms with E-state index < -0.39 is 0 Å². The van der Waals surface area contributed by atoms with E-state index in [2.05, 4.69) is 202 Å². The topological polar surface area (TPSA) is 25.8 Å². The van der Waals surface area contributed by atoms with Crippen LogP contribution in [0, 0.1) is 0 Å². The first kappa shape index (κ1) is 32.7. The smallest absolute Gasteiger partial charge is 0.160 e. The SMILES string of the molecule is CC1(C)c2cc3ccccc3cc2-c2c(-c3cc(-c4ccc(-c5ccc(-c6ccccc6)cc5-c5ccccc5)cc4)nc(-c4ccccc4)n3)cccc21. The summed E-state index contributed by atoms with van der Waals surface area (Å²) in [6, 6.07) is 69.6. The number of nitrogens with zero attached hydrogens (tertiary/aromatic N) is 2. The van der Waals surface area contributed by atoms with E-state index in [0.29, 0.717) is 5.82 Å². The molecule has 2 nitrogen and oxygen atoms in total. The van der Waals surface area contributed by atoms with E-state index in [4.69, 9.17) is 9.97 Å². The normalized spacial score (nSPS) is 12.7. The Balaban J connectivity index is 1.11. The van der Waals surface area contributed by atoms with Gasteiger partial charge in [0.15, 0.2) is 5.82 Å². The third-order valence-corrected chi connectivity index (χ3v) is 11.3. The average Bonchev–Trinajstić information content (AvgIpc) is 3.48. The second-order valence-electron chi connectivity index (χ2n) is 15.0. The summed E-state index contributed by atoms with van der Waals surface area (Å²) in [5, 5.41) is 2.52. The van der Waals surface area contributed by atoms with Crippen molar-refractivity contribution in [3.8, 4) is 78.4 Å². The second kappa shape index (κ2) is 13.2. The van der Waals surface area contributed by atoms with Crippen LogP contribution < -0.4 is 0 Å². The number of fused-ring (bicyclic) bond motifs is 4. The fourth-order valence-electron chi connectivity index (χ4n) is 8.42. The van der Waals surface area contributed by atoms with Gasteiger partial charge in [-0.25, -0.2) is 9.97 Å². The molecule has 0 radical (unpaired) electrons. The molecule has 2 heteroatoms. The summed E-state index contributed by atoms with van der Waals surface area (Å²) in [6.07, 6.45) is 0. The minimum Gasteiger partial charge on any atom is -0.228 e. The van der Waals surface area contributed by atoms with Gasteiger partial charge < -0.3 is 0 Å². The lowest BCUT2D eigenvalue weighted by Crippen LogP contribution is -2.14. The van der Waals surface area contributed by atoms with Crippen molar-refractivity contribution in [1.29, 1.82) is 0 Å². The molecule has 10 rings (SSSR count). The van der Waals surface area contributed by atoms with Crippen LogP contribution in [0.25, 0.3) is 89.2 Å². The molecule has 0 amide bonds. The molecule has 1 aliphatic rings. The maximum atomic E-state index is 5.29. The molecule has 55 heavy (non-hydrogen) atoms. The zero-order valence-electron chi connectivity index (χ0n) is 30.9. The summed E-state index contributed by atoms with van der Waals surface area (Å²) in [5.74, 6) is 0.716. The highest BCUT2D eigenvalue weighted by Gasteiger charge is 2.37. The van der Waals surface area contributed by atoms with Crippen LogP contribution in [0.2, 0.25) is 0 Å². The van der Waals surface area contributed by atoms with E-state index in [9.17, 15) is 0 Å². The summed E-state index contributed by atoms with van der Waals surface area (Å²) in [5.41, 5.74) is 17.2. The highest BCUT2D eigenvalue weighted by molar-refractivity contribution is 5.98. The molecule has 0 spiro atoms. The fraction of sp³-hybridized carbons (Fsp3) is 0.0566. The van der Waals surface area contributed by atoms with Crippen molar-refractivity contribution in [1.82, 2.24) is 9.97 Å². The van der Waals surface area contributed by atoms with Crippen LogP contribution in [0.4, 0.5) is 0 Å². The molecular formula is C53H38N2. The molecule has 0 N–H and O–H groups in total. The molecule has 0 unspecified atom stereocenters. The van der Waals surface area contributed by atoms with Crippen molar-refractivity contribution >= 4 is 10.8 Å². The van der Waals surface area contributed by atoms with Gasteiger partial charge in [-0.2, -0.15) is 0 Å². The molecule has 1 aliphatic carbocycles. The third kappa shape index (κ3) is 5.75. The van der Waals surface area contributed by atoms with Gasteiger partial charge in [0.05, 0.1) is 11.4 Å². The van der Waals surface area contributed by atoms with Crippen molar-refractivity contribution in [3.05, 3.63) is 205 Å². The van der Waals surface area contributed by atoms with Crippen LogP contribution in [0.1, 0.15) is 25.0 Å². The maximum absolute atomic E-state index is 5.29. The van der Waals surface area contributed by atoms with Crippen LogP contribution in [-0.2, 0) is 5.41 Å². The highest BCUT2D eigenvalue weighted by atomic mass is 14.9. The van der Waals surface area contributed by atoms with Crippen molar-refractivity contribution in [3.63, 3.8) is 0 Å². The van der Waals surface area contributed by atoms with Gasteiger partial charge in [0, 0.05) is 22.1 Å². The van der Waals surface area contributed by atoms with Crippen LogP contribution >= 0.6 is 0 Å². The first-order chi connectivity index (χ1) is 27.0. The van der Waals surface area contributed by atoms with E-state index >= 15 is 0 Å². The lowest BCUT2D eigenvalue weighted by molar-refractivity contribution is 0.661. The summed E-state index contributed by atoms with van der Waals surface area (Å²) in [4.78, 5) is 10.5. The molecular weight excluding hydrogens is 665 g/mol. The van der Waals surface area contributed by atoms with Crippen molar-refractivity contribution in [2.24, 2.45) is 0 Å². The zero-order chi connectivity index (χ0) is 36.9. The van der Waals surface area contributed by atoms with Crippen molar-refractivity contribution < 1.29 is 0 Å². The van der Waals surface area contributed by atoms with Crippen molar-refractivity contribution in [2.45, 2.75) is 19.3 Å². The van der Waals surface area contributed by atoms with Crippen LogP contribution in [0.15, 0.2) is 194 Å². The minimum absolute atomic E-state index is 0.142. The van der Waals surface area contributed by atoms with E-state index in [1.807, 2.05) is 6.07 Å². The molecule has 0 bridgehead atoms. The van der Waals surface area contributed by atoms with Gasteiger partial charge in [0.25, 0.3) is 0 Å². The van der Waals surface area contributed by atoms with Gasteiger partial charge >= 0.3 is 0 Å². The molecule has 0 aliphatic heterocycles. The number of aromatic nitrogens is 2. The summed E-state index contributed by atoms with van der Waals surface area (Å²) in [6.45, 7) is 4.69. The molecule has 260 valence electrons. The Labute approximate surface area is 322 Å². The van der Waals surface area contributed by atoms with E-state index in [1.165, 1.54) is 60.8 Å². The van der Waals surface area contributed by atoms with Crippen molar-refractivity contribution in [2.75, 3.05) is 0 Å². The molecule has 8 aromatic carbocycles. The Hall–Kier alpha value is -6.90. The third-order valence-electron chi connectivity index (χ3n) is 11.3. The molecule has 0 saturated carbocycles. The number of hydrogen-bond acceptors (Lipinski definition) is 2. The first-order valence-electron chi connectivity index (χ1n) is 19.0. The lowest BCUT2D eigenvalue weighted by Gasteiger charge is -2.22. The molecule has 0 saturated heterocycles. The Morgan fingerprint density at radius 2 is 0.891 bits per heavy atom. The average molecular weight is 703 g/mol. The monoisotopic (exact) mass is 702 g/mol. The molecule has 1 heterocycles. The van der Waals surface area contributed by atoms with Gasteiger partial charge in [0.2, 0.25) is 0 Å². The number of hydrogen-bond donors (Lipinski definition) is 0. The summed E-state index contributed by atoms with van der Waals surface area (Å²) >= 11 is 0. The highest BCUT2D eigenvalue weighted by Crippen LogP contribution is 2.53. The number of benzene rings is 8. The standard InChI is InChI=1S/C53H38N2/c1-53(2)47-24-14-23-44(51(47)46-32-40-21-12-13-22-41(40)33-48(46)53)50-34-49(54-52(55-50)39-19-10-5-11-20-39)38-27-25-37(26-28-38)43-30-29-42(35-15-6-3-7-16-35)31-45(43)36-17-8-4-9-18-36/h3-34H,1-2H3. The Morgan fingerprint density at radius 1 is 0.327 bits per heavy atom. The molecule has 1 aromatic heterocycles. The zero-order valence-corrected chi connectivity index (χ0v) is 30.9. The van der Waals surface area contributed by atoms with E-state index in [0.717, 1.165) is 33.6 Å². The van der Waals surface area contributed by atoms with Crippen LogP contribution in [0.3, 0.4) is 0 Å². The largest absolute Gasteiger partial charge is 0.228 e. The number of rotatable bonds is 6. The Morgan fingerprint density at radius 3 is 1.60 bits per heavy atom. The second-order valence-corrected chi connectivity index (χ2v) is 15.0. The first-order valence-corrected chi connectivity index (χ1v) is 19.0. The predicted octanol–water partition coefficient (Wildman–Crippen LogP) is 13.9. The Bertz CT molecular complexity index is 2860. The quantitative estimate of drug-likeness (QED) is 0.172. The molecule has 0 atom stereocenters. The van der Waals surface area contributed by atoms with Gasteiger partial charge in [-0.3, -0.25) is 0 Å². The molecule has 0 fully saturated rings. The van der Waals surface area contributed by atoms with Gasteiger partial charge in [-0.1, -0.05) is 184 Å². The van der Waals surface area contributed by atoms with E-state index in [-0.39, 0.29) is 5.41 Å². The summed E-state index contributed by atoms with van der Waals surface area (Å²) in [7, 11) is 0. The van der Waals surface area contributed by atoms with E-state index in [1.54, 1.807) is 0 Å².